The van der Waals surface area contributed by atoms with Crippen LogP contribution in [0.25, 0.3) is 0 Å². The first kappa shape index (κ1) is 12.9. The molecular weight excluding hydrogens is 303 g/mol. The van der Waals surface area contributed by atoms with Crippen molar-refractivity contribution >= 4 is 35.0 Å². The zero-order valence-electron chi connectivity index (χ0n) is 6.84. The van der Waals surface area contributed by atoms with Gasteiger partial charge in [-0.05, 0) is 40.8 Å². The third kappa shape index (κ3) is 3.25. The summed E-state index contributed by atoms with van der Waals surface area (Å²) in [4.78, 5) is 0. The molecule has 0 saturated heterocycles. The minimum absolute atomic E-state index is 0. The zero-order chi connectivity index (χ0) is 9.14. The molecule has 0 heterocycles. The Bertz CT molecular complexity index is 304. The fourth-order valence-corrected chi connectivity index (χ4v) is 1.41. The molecule has 13 heavy (non-hydrogen) atoms. The number of hydrogen-bond donors (Lipinski definition) is 1. The lowest BCUT2D eigenvalue weighted by atomic mass is 10.1. The number of nitrogens with two attached hydrogens (primary N) is 1. The molecule has 0 aliphatic rings. The van der Waals surface area contributed by atoms with Crippen LogP contribution in [0.15, 0.2) is 30.9 Å². The molecule has 0 aliphatic carbocycles. The van der Waals surface area contributed by atoms with Gasteiger partial charge in [-0.1, -0.05) is 6.08 Å². The molecule has 1 atom stereocenters. The predicted octanol–water partition coefficient (Wildman–Crippen LogP) is 3.04. The maximum Gasteiger partial charge on any atom is 0.128 e. The summed E-state index contributed by atoms with van der Waals surface area (Å²) in [5, 5.41) is 0. The Kier molecular flexibility index (Phi) is 5.51. The lowest BCUT2D eigenvalue weighted by Crippen LogP contribution is -2.08. The van der Waals surface area contributed by atoms with Crippen molar-refractivity contribution in [3.05, 3.63) is 45.8 Å². The SMILES string of the molecule is C=C[C@H](N)c1cc(I)ccc1F.Cl. The van der Waals surface area contributed by atoms with E-state index in [4.69, 9.17) is 5.73 Å². The van der Waals surface area contributed by atoms with Crippen molar-refractivity contribution in [1.82, 2.24) is 0 Å². The fourth-order valence-electron chi connectivity index (χ4n) is 0.897. The molecule has 72 valence electrons. The second-order valence-corrected chi connectivity index (χ2v) is 3.67. The number of hydrogen-bond acceptors (Lipinski definition) is 1. The van der Waals surface area contributed by atoms with E-state index in [-0.39, 0.29) is 18.2 Å². The number of rotatable bonds is 2. The molecule has 1 aromatic carbocycles. The van der Waals surface area contributed by atoms with Crippen LogP contribution in [-0.4, -0.2) is 0 Å². The highest BCUT2D eigenvalue weighted by Gasteiger charge is 2.07. The van der Waals surface area contributed by atoms with E-state index in [0.717, 1.165) is 3.57 Å². The Morgan fingerprint density at radius 3 is 2.69 bits per heavy atom. The van der Waals surface area contributed by atoms with E-state index < -0.39 is 6.04 Å². The van der Waals surface area contributed by atoms with Gasteiger partial charge in [0.25, 0.3) is 0 Å². The van der Waals surface area contributed by atoms with E-state index in [0.29, 0.717) is 5.56 Å². The highest BCUT2D eigenvalue weighted by Crippen LogP contribution is 2.18. The molecule has 0 unspecified atom stereocenters. The number of benzene rings is 1. The quantitative estimate of drug-likeness (QED) is 0.659. The standard InChI is InChI=1S/C9H9FIN.ClH/c1-2-9(12)7-5-6(11)3-4-8(7)10;/h2-5,9H,1,12H2;1H/t9-;/m0./s1. The van der Waals surface area contributed by atoms with Gasteiger partial charge >= 0.3 is 0 Å². The van der Waals surface area contributed by atoms with Gasteiger partial charge in [-0.3, -0.25) is 0 Å². The van der Waals surface area contributed by atoms with Crippen molar-refractivity contribution in [2.24, 2.45) is 5.73 Å². The second-order valence-electron chi connectivity index (χ2n) is 2.43. The van der Waals surface area contributed by atoms with Gasteiger partial charge in [0.2, 0.25) is 0 Å². The topological polar surface area (TPSA) is 26.0 Å². The lowest BCUT2D eigenvalue weighted by Gasteiger charge is -2.07. The molecule has 0 aromatic heterocycles. The summed E-state index contributed by atoms with van der Waals surface area (Å²) in [5.74, 6) is -0.275. The summed E-state index contributed by atoms with van der Waals surface area (Å²) >= 11 is 2.12. The summed E-state index contributed by atoms with van der Waals surface area (Å²) < 4.78 is 14.0. The third-order valence-corrected chi connectivity index (χ3v) is 2.24. The Morgan fingerprint density at radius 1 is 1.54 bits per heavy atom. The first-order valence-electron chi connectivity index (χ1n) is 3.48. The maximum absolute atomic E-state index is 13.1. The van der Waals surface area contributed by atoms with Crippen molar-refractivity contribution in [2.75, 3.05) is 0 Å². The summed E-state index contributed by atoms with van der Waals surface area (Å²) in [6, 6.07) is 4.43. The molecule has 0 radical (unpaired) electrons. The minimum atomic E-state index is -0.417. The molecule has 0 spiro atoms. The summed E-state index contributed by atoms with van der Waals surface area (Å²) in [6.07, 6.45) is 1.52. The Labute approximate surface area is 96.8 Å². The van der Waals surface area contributed by atoms with E-state index in [9.17, 15) is 4.39 Å². The van der Waals surface area contributed by atoms with Crippen molar-refractivity contribution in [3.63, 3.8) is 0 Å². The van der Waals surface area contributed by atoms with E-state index in [2.05, 4.69) is 29.2 Å². The van der Waals surface area contributed by atoms with Crippen LogP contribution in [0.1, 0.15) is 11.6 Å². The van der Waals surface area contributed by atoms with Crippen LogP contribution in [0.5, 0.6) is 0 Å². The molecule has 0 fully saturated rings. The van der Waals surface area contributed by atoms with Crippen molar-refractivity contribution in [1.29, 1.82) is 0 Å². The molecule has 0 amide bonds. The Balaban J connectivity index is 0.00000144. The highest BCUT2D eigenvalue weighted by molar-refractivity contribution is 14.1. The summed E-state index contributed by atoms with van der Waals surface area (Å²) in [6.45, 7) is 3.51. The smallest absolute Gasteiger partial charge is 0.128 e. The molecule has 4 heteroatoms. The van der Waals surface area contributed by atoms with Crippen LogP contribution in [0, 0.1) is 9.39 Å². The van der Waals surface area contributed by atoms with Gasteiger partial charge in [-0.25, -0.2) is 4.39 Å². The van der Waals surface area contributed by atoms with Gasteiger partial charge in [-0.2, -0.15) is 0 Å². The molecule has 1 nitrogen and oxygen atoms in total. The van der Waals surface area contributed by atoms with Gasteiger partial charge in [0.05, 0.1) is 6.04 Å². The molecule has 1 aromatic rings. The van der Waals surface area contributed by atoms with Gasteiger partial charge in [0.15, 0.2) is 0 Å². The maximum atomic E-state index is 13.1. The van der Waals surface area contributed by atoms with Crippen molar-refractivity contribution in [2.45, 2.75) is 6.04 Å². The van der Waals surface area contributed by atoms with E-state index >= 15 is 0 Å². The molecule has 0 aliphatic heterocycles. The normalized spacial score (nSPS) is 11.6. The summed E-state index contributed by atoms with van der Waals surface area (Å²) in [7, 11) is 0. The van der Waals surface area contributed by atoms with Crippen LogP contribution in [0.3, 0.4) is 0 Å². The second kappa shape index (κ2) is 5.57. The average Bonchev–Trinajstić information content (AvgIpc) is 2.08. The first-order valence-corrected chi connectivity index (χ1v) is 4.56. The minimum Gasteiger partial charge on any atom is -0.321 e. The van der Waals surface area contributed by atoms with Crippen LogP contribution in [0.4, 0.5) is 4.39 Å². The Morgan fingerprint density at radius 2 is 2.15 bits per heavy atom. The highest BCUT2D eigenvalue weighted by atomic mass is 127. The van der Waals surface area contributed by atoms with Crippen LogP contribution in [0.2, 0.25) is 0 Å². The molecule has 2 N–H and O–H groups in total. The molecule has 0 bridgehead atoms. The van der Waals surface area contributed by atoms with Gasteiger partial charge in [0.1, 0.15) is 5.82 Å². The molecule has 0 saturated carbocycles. The van der Waals surface area contributed by atoms with E-state index in [1.54, 1.807) is 12.1 Å². The lowest BCUT2D eigenvalue weighted by molar-refractivity contribution is 0.602. The van der Waals surface area contributed by atoms with Crippen LogP contribution >= 0.6 is 35.0 Å². The molecule has 1 rings (SSSR count). The van der Waals surface area contributed by atoms with Crippen LogP contribution in [-0.2, 0) is 0 Å². The third-order valence-electron chi connectivity index (χ3n) is 1.57. The largest absolute Gasteiger partial charge is 0.321 e. The van der Waals surface area contributed by atoms with E-state index in [1.807, 2.05) is 0 Å². The van der Waals surface area contributed by atoms with Crippen LogP contribution < -0.4 is 5.73 Å². The summed E-state index contributed by atoms with van der Waals surface area (Å²) in [5.41, 5.74) is 6.10. The van der Waals surface area contributed by atoms with Crippen molar-refractivity contribution < 1.29 is 4.39 Å². The monoisotopic (exact) mass is 313 g/mol. The van der Waals surface area contributed by atoms with Gasteiger partial charge in [0, 0.05) is 9.13 Å². The predicted molar refractivity (Wildman–Crippen MR) is 63.5 cm³/mol. The van der Waals surface area contributed by atoms with Crippen molar-refractivity contribution in [3.8, 4) is 0 Å². The Hall–Kier alpha value is -0.130. The van der Waals surface area contributed by atoms with Gasteiger partial charge < -0.3 is 5.73 Å². The van der Waals surface area contributed by atoms with E-state index in [1.165, 1.54) is 12.1 Å². The first-order chi connectivity index (χ1) is 5.65. The molecular formula is C9H10ClFIN. The van der Waals surface area contributed by atoms with Gasteiger partial charge in [-0.15, -0.1) is 19.0 Å². The number of halogens is 3. The zero-order valence-corrected chi connectivity index (χ0v) is 9.81. The fraction of sp³-hybridized carbons (Fsp3) is 0.111. The average molecular weight is 314 g/mol.